The minimum atomic E-state index is -0.176. The Hall–Kier alpha value is -1.27. The summed E-state index contributed by atoms with van der Waals surface area (Å²) in [5.74, 6) is 0.0116. The monoisotopic (exact) mass is 366 g/mol. The van der Waals surface area contributed by atoms with Crippen molar-refractivity contribution in [2.45, 2.75) is 19.3 Å². The largest absolute Gasteiger partial charge is 0.507 e. The summed E-state index contributed by atoms with van der Waals surface area (Å²) in [5.41, 5.74) is 0.866. The molecule has 6 heteroatoms. The number of nitrogens with zero attached hydrogens (tertiary/aromatic N) is 2. The number of thioether (sulfide) groups is 1. The predicted octanol–water partition coefficient (Wildman–Crippen LogP) is 3.61. The lowest BCUT2D eigenvalue weighted by Gasteiger charge is -2.27. The molecule has 1 aromatic rings. The molecule has 2 aliphatic rings. The van der Waals surface area contributed by atoms with Crippen molar-refractivity contribution in [3.05, 3.63) is 33.1 Å². The van der Waals surface area contributed by atoms with Gasteiger partial charge in [-0.15, -0.1) is 0 Å². The predicted molar refractivity (Wildman–Crippen MR) is 89.2 cm³/mol. The van der Waals surface area contributed by atoms with Crippen molar-refractivity contribution in [3.8, 4) is 5.75 Å². The zero-order valence-corrected chi connectivity index (χ0v) is 13.8. The van der Waals surface area contributed by atoms with E-state index in [4.69, 9.17) is 0 Å². The number of likely N-dealkylation sites (tertiary alicyclic amines) is 1. The lowest BCUT2D eigenvalue weighted by atomic mass is 10.1. The van der Waals surface area contributed by atoms with E-state index >= 15 is 0 Å². The third-order valence-corrected chi connectivity index (χ3v) is 5.18. The highest BCUT2D eigenvalue weighted by Gasteiger charge is 2.26. The smallest absolute Gasteiger partial charge is 0.286 e. The highest BCUT2D eigenvalue weighted by Crippen LogP contribution is 2.32. The molecule has 0 radical (unpaired) electrons. The van der Waals surface area contributed by atoms with Gasteiger partial charge in [0.25, 0.3) is 5.91 Å². The van der Waals surface area contributed by atoms with Gasteiger partial charge in [0.1, 0.15) is 5.75 Å². The summed E-state index contributed by atoms with van der Waals surface area (Å²) in [4.78, 5) is 19.0. The summed E-state index contributed by atoms with van der Waals surface area (Å²) in [6.07, 6.45) is 5.40. The van der Waals surface area contributed by atoms with Gasteiger partial charge in [0, 0.05) is 13.1 Å². The van der Waals surface area contributed by atoms with E-state index in [0.717, 1.165) is 36.7 Å². The molecule has 21 heavy (non-hydrogen) atoms. The van der Waals surface area contributed by atoms with Gasteiger partial charge < -0.3 is 10.0 Å². The molecule has 0 unspecified atom stereocenters. The molecule has 2 heterocycles. The van der Waals surface area contributed by atoms with E-state index in [2.05, 4.69) is 25.8 Å². The van der Waals surface area contributed by atoms with Gasteiger partial charge in [-0.05, 0) is 70.7 Å². The minimum absolute atomic E-state index is 0.176. The number of piperidine rings is 1. The summed E-state index contributed by atoms with van der Waals surface area (Å²) >= 11 is 4.72. The number of amides is 1. The quantitative estimate of drug-likeness (QED) is 0.771. The number of halogens is 1. The third-order valence-electron chi connectivity index (χ3n) is 3.51. The zero-order valence-electron chi connectivity index (χ0n) is 11.4. The molecule has 4 nitrogen and oxygen atoms in total. The summed E-state index contributed by atoms with van der Waals surface area (Å²) in [5, 5.41) is 10.3. The van der Waals surface area contributed by atoms with Crippen LogP contribution < -0.4 is 0 Å². The van der Waals surface area contributed by atoms with Crippen LogP contribution in [0.5, 0.6) is 5.75 Å². The van der Waals surface area contributed by atoms with Gasteiger partial charge in [-0.2, -0.15) is 4.99 Å². The summed E-state index contributed by atoms with van der Waals surface area (Å²) in [7, 11) is 0. The molecule has 1 aromatic carbocycles. The SMILES string of the molecule is O=C1N=C(N2CCCCC2)S/C1=C/c1ccc(O)c(Br)c1. The molecule has 0 atom stereocenters. The molecule has 1 fully saturated rings. The van der Waals surface area contributed by atoms with Crippen LogP contribution in [0.1, 0.15) is 24.8 Å². The lowest BCUT2D eigenvalue weighted by molar-refractivity contribution is -0.113. The fourth-order valence-corrected chi connectivity index (χ4v) is 3.74. The van der Waals surface area contributed by atoms with Gasteiger partial charge in [-0.25, -0.2) is 0 Å². The van der Waals surface area contributed by atoms with E-state index in [-0.39, 0.29) is 11.7 Å². The Bertz CT molecular complexity index is 637. The molecule has 0 aliphatic carbocycles. The number of hydrogen-bond acceptors (Lipinski definition) is 4. The fourth-order valence-electron chi connectivity index (χ4n) is 2.38. The average molecular weight is 367 g/mol. The molecular formula is C15H15BrN2O2S. The highest BCUT2D eigenvalue weighted by molar-refractivity contribution is 9.10. The zero-order chi connectivity index (χ0) is 14.8. The molecule has 0 spiro atoms. The minimum Gasteiger partial charge on any atom is -0.507 e. The summed E-state index contributed by atoms with van der Waals surface area (Å²) in [6.45, 7) is 1.97. The van der Waals surface area contributed by atoms with E-state index in [1.54, 1.807) is 18.2 Å². The van der Waals surface area contributed by atoms with E-state index in [9.17, 15) is 9.90 Å². The second kappa shape index (κ2) is 6.23. The maximum atomic E-state index is 12.0. The number of phenols is 1. The van der Waals surface area contributed by atoms with Crippen LogP contribution in [0.4, 0.5) is 0 Å². The molecule has 110 valence electrons. The second-order valence-corrected chi connectivity index (χ2v) is 6.93. The van der Waals surface area contributed by atoms with Gasteiger partial charge in [0.05, 0.1) is 9.38 Å². The maximum Gasteiger partial charge on any atom is 0.286 e. The fraction of sp³-hybridized carbons (Fsp3) is 0.333. The molecule has 0 bridgehead atoms. The normalized spacial score (nSPS) is 21.0. The molecule has 1 amide bonds. The number of carbonyl (C=O) groups is 1. The number of carbonyl (C=O) groups excluding carboxylic acids is 1. The van der Waals surface area contributed by atoms with E-state index in [1.165, 1.54) is 18.2 Å². The first kappa shape index (κ1) is 14.7. The molecule has 1 saturated heterocycles. The first-order chi connectivity index (χ1) is 10.1. The van der Waals surface area contributed by atoms with Gasteiger partial charge in [-0.1, -0.05) is 6.07 Å². The number of aliphatic imine (C=N–C) groups is 1. The van der Waals surface area contributed by atoms with Crippen molar-refractivity contribution in [1.82, 2.24) is 4.90 Å². The Morgan fingerprint density at radius 1 is 1.29 bits per heavy atom. The molecule has 3 rings (SSSR count). The maximum absolute atomic E-state index is 12.0. The standard InChI is InChI=1S/C15H15BrN2O2S/c16-11-8-10(4-5-12(11)19)9-13-14(20)17-15(21-13)18-6-2-1-3-7-18/h4-5,8-9,19H,1-3,6-7H2/b13-9+. The van der Waals surface area contributed by atoms with Crippen LogP contribution in [0.3, 0.4) is 0 Å². The van der Waals surface area contributed by atoms with E-state index in [0.29, 0.717) is 9.38 Å². The first-order valence-electron chi connectivity index (χ1n) is 6.89. The molecular weight excluding hydrogens is 352 g/mol. The Balaban J connectivity index is 1.77. The highest BCUT2D eigenvalue weighted by atomic mass is 79.9. The Kier molecular flexibility index (Phi) is 4.35. The van der Waals surface area contributed by atoms with Crippen molar-refractivity contribution in [2.75, 3.05) is 13.1 Å². The van der Waals surface area contributed by atoms with Gasteiger partial charge >= 0.3 is 0 Å². The molecule has 0 aromatic heterocycles. The summed E-state index contributed by atoms with van der Waals surface area (Å²) in [6, 6.07) is 5.17. The lowest BCUT2D eigenvalue weighted by Crippen LogP contribution is -2.33. The number of rotatable bonds is 1. The van der Waals surface area contributed by atoms with Crippen molar-refractivity contribution < 1.29 is 9.90 Å². The number of phenolic OH excluding ortho intramolecular Hbond substituents is 1. The van der Waals surface area contributed by atoms with Gasteiger partial charge in [0.15, 0.2) is 5.17 Å². The topological polar surface area (TPSA) is 52.9 Å². The van der Waals surface area contributed by atoms with Crippen LogP contribution in [-0.4, -0.2) is 34.2 Å². The number of benzene rings is 1. The van der Waals surface area contributed by atoms with Crippen LogP contribution in [0.25, 0.3) is 6.08 Å². The third kappa shape index (κ3) is 3.32. The van der Waals surface area contributed by atoms with Crippen LogP contribution in [0.2, 0.25) is 0 Å². The van der Waals surface area contributed by atoms with Crippen molar-refractivity contribution >= 4 is 44.8 Å². The molecule has 2 aliphatic heterocycles. The Morgan fingerprint density at radius 3 is 2.76 bits per heavy atom. The Labute approximate surface area is 136 Å². The Morgan fingerprint density at radius 2 is 2.05 bits per heavy atom. The first-order valence-corrected chi connectivity index (χ1v) is 8.50. The van der Waals surface area contributed by atoms with Crippen LogP contribution in [0.15, 0.2) is 32.6 Å². The second-order valence-electron chi connectivity index (χ2n) is 5.07. The van der Waals surface area contributed by atoms with Gasteiger partial charge in [-0.3, -0.25) is 4.79 Å². The number of aromatic hydroxyl groups is 1. The molecule has 1 N–H and O–H groups in total. The summed E-state index contributed by atoms with van der Waals surface area (Å²) < 4.78 is 0.615. The molecule has 0 saturated carbocycles. The van der Waals surface area contributed by atoms with Gasteiger partial charge in [0.2, 0.25) is 0 Å². The van der Waals surface area contributed by atoms with Crippen LogP contribution in [0, 0.1) is 0 Å². The van der Waals surface area contributed by atoms with E-state index in [1.807, 2.05) is 6.08 Å². The number of hydrogen-bond donors (Lipinski definition) is 1. The van der Waals surface area contributed by atoms with E-state index < -0.39 is 0 Å². The van der Waals surface area contributed by atoms with Crippen LogP contribution in [-0.2, 0) is 4.79 Å². The van der Waals surface area contributed by atoms with Crippen molar-refractivity contribution in [3.63, 3.8) is 0 Å². The average Bonchev–Trinajstić information content (AvgIpc) is 2.85. The van der Waals surface area contributed by atoms with Crippen LogP contribution >= 0.6 is 27.7 Å². The van der Waals surface area contributed by atoms with Crippen molar-refractivity contribution in [1.29, 1.82) is 0 Å². The van der Waals surface area contributed by atoms with Crippen molar-refractivity contribution in [2.24, 2.45) is 4.99 Å². The number of amidine groups is 1.